The number of aryl methyl sites for hydroxylation is 1. The van der Waals surface area contributed by atoms with Crippen LogP contribution in [-0.2, 0) is 23.1 Å². The van der Waals surface area contributed by atoms with Gasteiger partial charge in [0.1, 0.15) is 0 Å². The summed E-state index contributed by atoms with van der Waals surface area (Å²) in [6.07, 6.45) is 7.72. The molecule has 6 heteroatoms. The van der Waals surface area contributed by atoms with E-state index in [0.29, 0.717) is 5.92 Å². The van der Waals surface area contributed by atoms with Crippen LogP contribution < -0.4 is 5.32 Å². The van der Waals surface area contributed by atoms with Crippen LogP contribution in [0.2, 0.25) is 0 Å². The van der Waals surface area contributed by atoms with Gasteiger partial charge in [0.05, 0.1) is 18.2 Å². The van der Waals surface area contributed by atoms with Gasteiger partial charge in [-0.15, -0.1) is 0 Å². The van der Waals surface area contributed by atoms with Crippen LogP contribution in [-0.4, -0.2) is 52.9 Å². The summed E-state index contributed by atoms with van der Waals surface area (Å²) in [7, 11) is 1.93. The van der Waals surface area contributed by atoms with E-state index in [0.717, 1.165) is 45.1 Å². The summed E-state index contributed by atoms with van der Waals surface area (Å²) in [5, 5.41) is 7.42. The Morgan fingerprint density at radius 1 is 1.39 bits per heavy atom. The molecule has 3 atom stereocenters. The molecule has 0 radical (unpaired) electrons. The van der Waals surface area contributed by atoms with Gasteiger partial charge in [-0.1, -0.05) is 0 Å². The van der Waals surface area contributed by atoms with Crippen LogP contribution in [0.15, 0.2) is 12.4 Å². The smallest absolute Gasteiger partial charge is 0.224 e. The van der Waals surface area contributed by atoms with Crippen molar-refractivity contribution in [3.63, 3.8) is 0 Å². The predicted octanol–water partition coefficient (Wildman–Crippen LogP) is 0.783. The van der Waals surface area contributed by atoms with Gasteiger partial charge >= 0.3 is 0 Å². The summed E-state index contributed by atoms with van der Waals surface area (Å²) in [5.41, 5.74) is 1.20. The summed E-state index contributed by atoms with van der Waals surface area (Å²) < 4.78 is 7.73. The highest BCUT2D eigenvalue weighted by Crippen LogP contribution is 2.35. The summed E-state index contributed by atoms with van der Waals surface area (Å²) in [5.74, 6) is 1.41. The molecule has 6 nitrogen and oxygen atoms in total. The minimum Gasteiger partial charge on any atom is -0.377 e. The monoisotopic (exact) mass is 318 g/mol. The Hall–Kier alpha value is -1.40. The Morgan fingerprint density at radius 2 is 2.26 bits per heavy atom. The highest BCUT2D eigenvalue weighted by Gasteiger charge is 2.44. The number of carbonyl (C=O) groups excluding carboxylic acids is 1. The zero-order valence-electron chi connectivity index (χ0n) is 13.8. The number of amides is 1. The standard InChI is InChI=1S/C17H26N4O2/c1-20-8-13(7-19-20)9-21-10-15(14-4-5-23-16(14)11-21)17(22)18-6-12-2-3-12/h7-8,12,14-16H,2-6,9-11H2,1H3,(H,18,22)/t14-,15+,16+/m1/s1. The molecule has 0 bridgehead atoms. The molecule has 1 aromatic heterocycles. The molecule has 3 aliphatic rings. The van der Waals surface area contributed by atoms with Crippen molar-refractivity contribution in [1.82, 2.24) is 20.0 Å². The van der Waals surface area contributed by atoms with Gasteiger partial charge in [-0.05, 0) is 25.2 Å². The van der Waals surface area contributed by atoms with Crippen molar-refractivity contribution in [3.05, 3.63) is 18.0 Å². The summed E-state index contributed by atoms with van der Waals surface area (Å²) >= 11 is 0. The SMILES string of the molecule is Cn1cc(CN2C[C@@H]3OCC[C@@H]3[C@@H](C(=O)NCC3CC3)C2)cn1. The molecule has 2 saturated heterocycles. The number of aromatic nitrogens is 2. The van der Waals surface area contributed by atoms with Crippen LogP contribution in [0.3, 0.4) is 0 Å². The molecule has 3 fully saturated rings. The van der Waals surface area contributed by atoms with Gasteiger partial charge in [-0.25, -0.2) is 0 Å². The molecule has 1 amide bonds. The van der Waals surface area contributed by atoms with E-state index in [1.807, 2.05) is 24.1 Å². The normalized spacial score (nSPS) is 31.1. The Bertz CT molecular complexity index is 569. The Labute approximate surface area is 137 Å². The number of hydrogen-bond donors (Lipinski definition) is 1. The summed E-state index contributed by atoms with van der Waals surface area (Å²) in [6, 6.07) is 0. The number of carbonyl (C=O) groups is 1. The topological polar surface area (TPSA) is 59.4 Å². The molecule has 1 aliphatic carbocycles. The second kappa shape index (κ2) is 6.24. The number of ether oxygens (including phenoxy) is 1. The van der Waals surface area contributed by atoms with E-state index in [-0.39, 0.29) is 17.9 Å². The lowest BCUT2D eigenvalue weighted by Gasteiger charge is -2.39. The molecule has 0 aromatic carbocycles. The average Bonchev–Trinajstić information content (AvgIpc) is 3.10. The number of fused-ring (bicyclic) bond motifs is 1. The van der Waals surface area contributed by atoms with Crippen molar-refractivity contribution < 1.29 is 9.53 Å². The first kappa shape index (κ1) is 15.1. The largest absolute Gasteiger partial charge is 0.377 e. The number of likely N-dealkylation sites (tertiary alicyclic amines) is 1. The Morgan fingerprint density at radius 3 is 3.00 bits per heavy atom. The fourth-order valence-electron chi connectivity index (χ4n) is 3.97. The van der Waals surface area contributed by atoms with E-state index >= 15 is 0 Å². The molecule has 1 saturated carbocycles. The molecular formula is C17H26N4O2. The number of hydrogen-bond acceptors (Lipinski definition) is 4. The zero-order chi connectivity index (χ0) is 15.8. The van der Waals surface area contributed by atoms with E-state index < -0.39 is 0 Å². The summed E-state index contributed by atoms with van der Waals surface area (Å²) in [6.45, 7) is 4.24. The zero-order valence-corrected chi connectivity index (χ0v) is 13.8. The molecule has 1 N–H and O–H groups in total. The predicted molar refractivity (Wildman–Crippen MR) is 85.6 cm³/mol. The first-order valence-corrected chi connectivity index (χ1v) is 8.78. The van der Waals surface area contributed by atoms with Crippen molar-refractivity contribution in [2.45, 2.75) is 31.9 Å². The van der Waals surface area contributed by atoms with Crippen LogP contribution in [0.1, 0.15) is 24.8 Å². The van der Waals surface area contributed by atoms with E-state index in [1.54, 1.807) is 0 Å². The second-order valence-corrected chi connectivity index (χ2v) is 7.37. The van der Waals surface area contributed by atoms with Gasteiger partial charge in [0.15, 0.2) is 0 Å². The number of rotatable bonds is 5. The third-order valence-electron chi connectivity index (χ3n) is 5.43. The average molecular weight is 318 g/mol. The van der Waals surface area contributed by atoms with Crippen molar-refractivity contribution in [2.24, 2.45) is 24.8 Å². The van der Waals surface area contributed by atoms with Gasteiger partial charge in [0.2, 0.25) is 5.91 Å². The van der Waals surface area contributed by atoms with E-state index in [9.17, 15) is 4.79 Å². The van der Waals surface area contributed by atoms with Crippen LogP contribution in [0.4, 0.5) is 0 Å². The van der Waals surface area contributed by atoms with Crippen molar-refractivity contribution in [3.8, 4) is 0 Å². The van der Waals surface area contributed by atoms with Crippen molar-refractivity contribution in [2.75, 3.05) is 26.2 Å². The quantitative estimate of drug-likeness (QED) is 0.872. The van der Waals surface area contributed by atoms with E-state index in [4.69, 9.17) is 4.74 Å². The second-order valence-electron chi connectivity index (χ2n) is 7.37. The van der Waals surface area contributed by atoms with Crippen molar-refractivity contribution >= 4 is 5.91 Å². The molecule has 23 heavy (non-hydrogen) atoms. The first-order valence-electron chi connectivity index (χ1n) is 8.78. The molecule has 0 unspecified atom stereocenters. The number of piperidine rings is 1. The lowest BCUT2D eigenvalue weighted by atomic mass is 9.82. The molecule has 3 heterocycles. The minimum atomic E-state index is 0.0617. The van der Waals surface area contributed by atoms with Gasteiger partial charge in [-0.2, -0.15) is 5.10 Å². The van der Waals surface area contributed by atoms with Crippen molar-refractivity contribution in [1.29, 1.82) is 0 Å². The lowest BCUT2D eigenvalue weighted by molar-refractivity contribution is -0.131. The van der Waals surface area contributed by atoms with Gasteiger partial charge in [0, 0.05) is 57.5 Å². The minimum absolute atomic E-state index is 0.0617. The molecule has 126 valence electrons. The first-order chi connectivity index (χ1) is 11.2. The maximum Gasteiger partial charge on any atom is 0.224 e. The highest BCUT2D eigenvalue weighted by atomic mass is 16.5. The van der Waals surface area contributed by atoms with Gasteiger partial charge < -0.3 is 10.1 Å². The molecule has 2 aliphatic heterocycles. The molecular weight excluding hydrogens is 292 g/mol. The van der Waals surface area contributed by atoms with Gasteiger partial charge in [0.25, 0.3) is 0 Å². The molecule has 4 rings (SSSR count). The van der Waals surface area contributed by atoms with E-state index in [2.05, 4.69) is 15.3 Å². The third kappa shape index (κ3) is 3.43. The van der Waals surface area contributed by atoms with Crippen LogP contribution >= 0.6 is 0 Å². The van der Waals surface area contributed by atoms with Crippen LogP contribution in [0, 0.1) is 17.8 Å². The molecule has 1 aromatic rings. The maximum atomic E-state index is 12.7. The molecule has 0 spiro atoms. The Kier molecular flexibility index (Phi) is 4.11. The number of nitrogens with one attached hydrogen (secondary N) is 1. The van der Waals surface area contributed by atoms with E-state index in [1.165, 1.54) is 18.4 Å². The summed E-state index contributed by atoms with van der Waals surface area (Å²) in [4.78, 5) is 15.0. The van der Waals surface area contributed by atoms with Gasteiger partial charge in [-0.3, -0.25) is 14.4 Å². The fraction of sp³-hybridized carbons (Fsp3) is 0.765. The Balaban J connectivity index is 1.41. The van der Waals surface area contributed by atoms with Crippen LogP contribution in [0.5, 0.6) is 0 Å². The van der Waals surface area contributed by atoms with Crippen LogP contribution in [0.25, 0.3) is 0 Å². The maximum absolute atomic E-state index is 12.7. The third-order valence-corrected chi connectivity index (χ3v) is 5.43. The highest BCUT2D eigenvalue weighted by molar-refractivity contribution is 5.79. The lowest BCUT2D eigenvalue weighted by Crippen LogP contribution is -2.52. The number of nitrogens with zero attached hydrogens (tertiary/aromatic N) is 3. The fourth-order valence-corrected chi connectivity index (χ4v) is 3.97.